The number of hydrogen-bond acceptors (Lipinski definition) is 3. The van der Waals surface area contributed by atoms with Gasteiger partial charge in [0, 0.05) is 6.20 Å². The molecule has 1 heterocycles. The number of halogens is 1. The van der Waals surface area contributed by atoms with Crippen LogP contribution in [0.25, 0.3) is 0 Å². The van der Waals surface area contributed by atoms with Crippen LogP contribution in [0.15, 0.2) is 16.9 Å². The highest BCUT2D eigenvalue weighted by atomic mass is 79.9. The SMILES string of the molecule is OC1(c2nccc(Br)n2)CCC1. The molecule has 2 rings (SSSR count). The van der Waals surface area contributed by atoms with E-state index in [1.807, 2.05) is 0 Å². The molecule has 0 spiro atoms. The first-order valence-electron chi connectivity index (χ1n) is 3.92. The van der Waals surface area contributed by atoms with E-state index in [1.165, 1.54) is 0 Å². The Morgan fingerprint density at radius 2 is 2.25 bits per heavy atom. The zero-order chi connectivity index (χ0) is 8.60. The first-order chi connectivity index (χ1) is 5.71. The molecule has 0 bridgehead atoms. The number of aromatic nitrogens is 2. The third kappa shape index (κ3) is 1.25. The first kappa shape index (κ1) is 8.13. The van der Waals surface area contributed by atoms with Crippen molar-refractivity contribution in [2.24, 2.45) is 0 Å². The molecule has 1 aromatic heterocycles. The van der Waals surface area contributed by atoms with Crippen molar-refractivity contribution in [2.45, 2.75) is 24.9 Å². The molecule has 1 aliphatic carbocycles. The summed E-state index contributed by atoms with van der Waals surface area (Å²) in [6.07, 6.45) is 4.28. The lowest BCUT2D eigenvalue weighted by atomic mass is 9.79. The van der Waals surface area contributed by atoms with E-state index >= 15 is 0 Å². The molecule has 64 valence electrons. The zero-order valence-corrected chi connectivity index (χ0v) is 8.08. The van der Waals surface area contributed by atoms with Gasteiger partial charge in [-0.05, 0) is 41.3 Å². The maximum atomic E-state index is 9.86. The number of rotatable bonds is 1. The van der Waals surface area contributed by atoms with E-state index in [-0.39, 0.29) is 0 Å². The topological polar surface area (TPSA) is 46.0 Å². The van der Waals surface area contributed by atoms with Crippen LogP contribution in [0.5, 0.6) is 0 Å². The van der Waals surface area contributed by atoms with Crippen LogP contribution in [0.1, 0.15) is 25.1 Å². The predicted octanol–water partition coefficient (Wildman–Crippen LogP) is 1.61. The van der Waals surface area contributed by atoms with Gasteiger partial charge in [0.2, 0.25) is 0 Å². The van der Waals surface area contributed by atoms with Gasteiger partial charge in [0.15, 0.2) is 5.82 Å². The average molecular weight is 229 g/mol. The van der Waals surface area contributed by atoms with Gasteiger partial charge in [0.1, 0.15) is 10.2 Å². The summed E-state index contributed by atoms with van der Waals surface area (Å²) in [4.78, 5) is 8.16. The highest BCUT2D eigenvalue weighted by Gasteiger charge is 2.38. The van der Waals surface area contributed by atoms with Crippen molar-refractivity contribution in [1.29, 1.82) is 0 Å². The van der Waals surface area contributed by atoms with Gasteiger partial charge in [-0.3, -0.25) is 0 Å². The molecular formula is C8H9BrN2O. The van der Waals surface area contributed by atoms with Crippen LogP contribution in [-0.2, 0) is 5.60 Å². The average Bonchev–Trinajstić information content (AvgIpc) is 2.00. The minimum Gasteiger partial charge on any atom is -0.382 e. The van der Waals surface area contributed by atoms with Crippen molar-refractivity contribution in [3.63, 3.8) is 0 Å². The Labute approximate surface area is 79.0 Å². The maximum Gasteiger partial charge on any atom is 0.161 e. The second-order valence-electron chi connectivity index (χ2n) is 3.09. The lowest BCUT2D eigenvalue weighted by molar-refractivity contribution is -0.0468. The van der Waals surface area contributed by atoms with E-state index < -0.39 is 5.60 Å². The molecule has 0 radical (unpaired) electrons. The van der Waals surface area contributed by atoms with Gasteiger partial charge < -0.3 is 5.11 Å². The summed E-state index contributed by atoms with van der Waals surface area (Å²) >= 11 is 3.25. The molecule has 1 aliphatic rings. The summed E-state index contributed by atoms with van der Waals surface area (Å²) in [5.74, 6) is 0.545. The third-order valence-electron chi connectivity index (χ3n) is 2.22. The Bertz CT molecular complexity index is 299. The fraction of sp³-hybridized carbons (Fsp3) is 0.500. The van der Waals surface area contributed by atoms with Crippen LogP contribution in [0.4, 0.5) is 0 Å². The van der Waals surface area contributed by atoms with E-state index in [2.05, 4.69) is 25.9 Å². The Kier molecular flexibility index (Phi) is 1.88. The van der Waals surface area contributed by atoms with Crippen molar-refractivity contribution in [2.75, 3.05) is 0 Å². The van der Waals surface area contributed by atoms with Gasteiger partial charge in [-0.15, -0.1) is 0 Å². The Morgan fingerprint density at radius 3 is 2.75 bits per heavy atom. The highest BCUT2D eigenvalue weighted by molar-refractivity contribution is 9.10. The quantitative estimate of drug-likeness (QED) is 0.744. The molecule has 0 atom stereocenters. The summed E-state index contributed by atoms with van der Waals surface area (Å²) in [5, 5.41) is 9.86. The smallest absolute Gasteiger partial charge is 0.161 e. The number of aliphatic hydroxyl groups is 1. The van der Waals surface area contributed by atoms with E-state index in [9.17, 15) is 5.11 Å². The van der Waals surface area contributed by atoms with Crippen LogP contribution in [0, 0.1) is 0 Å². The molecule has 1 saturated carbocycles. The summed E-state index contributed by atoms with van der Waals surface area (Å²) in [6, 6.07) is 1.76. The largest absolute Gasteiger partial charge is 0.382 e. The molecule has 0 saturated heterocycles. The van der Waals surface area contributed by atoms with E-state index in [0.717, 1.165) is 23.9 Å². The summed E-state index contributed by atoms with van der Waals surface area (Å²) in [7, 11) is 0. The first-order valence-corrected chi connectivity index (χ1v) is 4.71. The van der Waals surface area contributed by atoms with Crippen molar-refractivity contribution in [1.82, 2.24) is 9.97 Å². The van der Waals surface area contributed by atoms with E-state index in [0.29, 0.717) is 5.82 Å². The van der Waals surface area contributed by atoms with Crippen LogP contribution in [0.2, 0.25) is 0 Å². The molecule has 0 unspecified atom stereocenters. The molecule has 0 amide bonds. The molecule has 3 nitrogen and oxygen atoms in total. The molecule has 1 fully saturated rings. The summed E-state index contributed by atoms with van der Waals surface area (Å²) in [5.41, 5.74) is -0.746. The van der Waals surface area contributed by atoms with Gasteiger partial charge in [0.05, 0.1) is 0 Å². The molecule has 1 N–H and O–H groups in total. The van der Waals surface area contributed by atoms with Crippen LogP contribution < -0.4 is 0 Å². The lowest BCUT2D eigenvalue weighted by Gasteiger charge is -2.34. The van der Waals surface area contributed by atoms with E-state index in [4.69, 9.17) is 0 Å². The molecule has 0 aliphatic heterocycles. The van der Waals surface area contributed by atoms with E-state index in [1.54, 1.807) is 12.3 Å². The van der Waals surface area contributed by atoms with Crippen LogP contribution in [0.3, 0.4) is 0 Å². The van der Waals surface area contributed by atoms with Crippen molar-refractivity contribution < 1.29 is 5.11 Å². The monoisotopic (exact) mass is 228 g/mol. The molecule has 1 aromatic rings. The second-order valence-corrected chi connectivity index (χ2v) is 3.90. The number of hydrogen-bond donors (Lipinski definition) is 1. The van der Waals surface area contributed by atoms with Gasteiger partial charge in [-0.25, -0.2) is 9.97 Å². The van der Waals surface area contributed by atoms with Gasteiger partial charge in [-0.1, -0.05) is 0 Å². The van der Waals surface area contributed by atoms with Gasteiger partial charge in [0.25, 0.3) is 0 Å². The van der Waals surface area contributed by atoms with Crippen LogP contribution in [-0.4, -0.2) is 15.1 Å². The highest BCUT2D eigenvalue weighted by Crippen LogP contribution is 2.39. The number of nitrogens with zero attached hydrogens (tertiary/aromatic N) is 2. The molecule has 0 aromatic carbocycles. The predicted molar refractivity (Wildman–Crippen MR) is 47.5 cm³/mol. The zero-order valence-electron chi connectivity index (χ0n) is 6.50. The Balaban J connectivity index is 2.33. The minimum absolute atomic E-state index is 0.545. The maximum absolute atomic E-state index is 9.86. The third-order valence-corrected chi connectivity index (χ3v) is 2.66. The molecular weight excluding hydrogens is 220 g/mol. The standard InChI is InChI=1S/C8H9BrN2O/c9-6-2-5-10-7(11-6)8(12)3-1-4-8/h2,5,12H,1,3-4H2. The minimum atomic E-state index is -0.746. The fourth-order valence-corrected chi connectivity index (χ4v) is 1.58. The molecule has 12 heavy (non-hydrogen) atoms. The van der Waals surface area contributed by atoms with Gasteiger partial charge >= 0.3 is 0 Å². The summed E-state index contributed by atoms with van der Waals surface area (Å²) < 4.78 is 0.729. The fourth-order valence-electron chi connectivity index (χ4n) is 1.30. The normalized spacial score (nSPS) is 20.2. The van der Waals surface area contributed by atoms with Crippen LogP contribution >= 0.6 is 15.9 Å². The molecule has 4 heteroatoms. The Morgan fingerprint density at radius 1 is 1.50 bits per heavy atom. The lowest BCUT2D eigenvalue weighted by Crippen LogP contribution is -2.35. The van der Waals surface area contributed by atoms with Gasteiger partial charge in [-0.2, -0.15) is 0 Å². The summed E-state index contributed by atoms with van der Waals surface area (Å²) in [6.45, 7) is 0. The van der Waals surface area contributed by atoms with Crippen molar-refractivity contribution in [3.05, 3.63) is 22.7 Å². The second kappa shape index (κ2) is 2.78. The Hall–Kier alpha value is -0.480. The van der Waals surface area contributed by atoms with Crippen molar-refractivity contribution in [3.8, 4) is 0 Å². The van der Waals surface area contributed by atoms with Crippen molar-refractivity contribution >= 4 is 15.9 Å².